The first kappa shape index (κ1) is 24.2. The minimum Gasteiger partial charge on any atom is -0.493 e. The van der Waals surface area contributed by atoms with Gasteiger partial charge in [-0.2, -0.15) is 18.4 Å². The van der Waals surface area contributed by atoms with E-state index in [2.05, 4.69) is 16.4 Å². The number of halogens is 3. The van der Waals surface area contributed by atoms with Gasteiger partial charge in [-0.3, -0.25) is 4.79 Å². The molecule has 0 bridgehead atoms. The predicted molar refractivity (Wildman–Crippen MR) is 128 cm³/mol. The smallest absolute Gasteiger partial charge is 0.433 e. The molecule has 6 rings (SSSR count). The molecule has 0 radical (unpaired) electrons. The van der Waals surface area contributed by atoms with Crippen molar-refractivity contribution in [3.05, 3.63) is 58.4 Å². The van der Waals surface area contributed by atoms with Crippen LogP contribution in [0.4, 0.5) is 13.2 Å². The first-order chi connectivity index (χ1) is 17.8. The highest BCUT2D eigenvalue weighted by Crippen LogP contribution is 2.56. The van der Waals surface area contributed by atoms with E-state index in [4.69, 9.17) is 4.74 Å². The van der Waals surface area contributed by atoms with Crippen LogP contribution in [0.5, 0.6) is 5.75 Å². The van der Waals surface area contributed by atoms with Gasteiger partial charge in [-0.1, -0.05) is 12.5 Å². The van der Waals surface area contributed by atoms with Crippen LogP contribution in [-0.2, 0) is 23.9 Å². The second-order valence-corrected chi connectivity index (χ2v) is 10.9. The summed E-state index contributed by atoms with van der Waals surface area (Å²) < 4.78 is 45.5. The fraction of sp³-hybridized carbons (Fsp3) is 0.536. The first-order valence-corrected chi connectivity index (χ1v) is 13.0. The number of pyridine rings is 1. The average Bonchev–Trinajstić information content (AvgIpc) is 3.45. The normalized spacial score (nSPS) is 28.6. The zero-order chi connectivity index (χ0) is 25.8. The van der Waals surface area contributed by atoms with E-state index < -0.39 is 17.3 Å². The summed E-state index contributed by atoms with van der Waals surface area (Å²) in [7, 11) is 0. The molecule has 2 aliphatic carbocycles. The Labute approximate surface area is 213 Å². The molecule has 1 N–H and O–H groups in total. The second kappa shape index (κ2) is 9.02. The molecule has 0 spiro atoms. The summed E-state index contributed by atoms with van der Waals surface area (Å²) in [5.74, 6) is 1.13. The van der Waals surface area contributed by atoms with Crippen LogP contribution in [0.3, 0.4) is 0 Å². The number of ether oxygens (including phenoxy) is 1. The number of carbonyl (C=O) groups excluding carboxylic acids is 1. The van der Waals surface area contributed by atoms with Crippen molar-refractivity contribution in [1.82, 2.24) is 15.2 Å². The predicted octanol–water partition coefficient (Wildman–Crippen LogP) is 4.92. The maximum atomic E-state index is 14.0. The Morgan fingerprint density at radius 1 is 1.24 bits per heavy atom. The van der Waals surface area contributed by atoms with E-state index in [-0.39, 0.29) is 30.5 Å². The van der Waals surface area contributed by atoms with Crippen LogP contribution in [0.15, 0.2) is 30.3 Å². The average molecular weight is 511 g/mol. The number of alkyl halides is 3. The highest BCUT2D eigenvalue weighted by Gasteiger charge is 2.56. The van der Waals surface area contributed by atoms with Crippen LogP contribution >= 0.6 is 0 Å². The van der Waals surface area contributed by atoms with E-state index in [1.165, 1.54) is 6.07 Å². The SMILES string of the molecule is N#Cc1ccc2c(c1)[C@H](N[C@@H]1C[C@H]3CCC[C@@]3(C(=O)N3CCc4ccc(C(F)(F)F)nc4C3)C1)CCO2. The summed E-state index contributed by atoms with van der Waals surface area (Å²) in [6.45, 7) is 1.24. The van der Waals surface area contributed by atoms with Crippen molar-refractivity contribution in [1.29, 1.82) is 5.26 Å². The third-order valence-electron chi connectivity index (χ3n) is 8.82. The van der Waals surface area contributed by atoms with Crippen molar-refractivity contribution in [2.24, 2.45) is 11.3 Å². The van der Waals surface area contributed by atoms with E-state index in [1.807, 2.05) is 12.1 Å². The molecule has 4 aliphatic rings. The molecule has 2 aromatic rings. The standard InChI is InChI=1S/C28H29F3N4O2/c29-28(30,31)25-6-4-18-7-10-35(16-23(18)34-25)26(36)27-9-1-2-19(27)13-20(14-27)33-22-8-11-37-24-5-3-17(15-32)12-21(22)24/h3-6,12,19-20,22,33H,1-2,7-11,13-14,16H2/t19-,20-,22-,27-/m1/s1. The minimum absolute atomic E-state index is 0.0554. The Bertz CT molecular complexity index is 1270. The lowest BCUT2D eigenvalue weighted by Crippen LogP contribution is -2.47. The molecule has 194 valence electrons. The summed E-state index contributed by atoms with van der Waals surface area (Å²) in [5.41, 5.74) is 1.36. The minimum atomic E-state index is -4.50. The molecule has 2 fully saturated rings. The number of aromatic nitrogens is 1. The summed E-state index contributed by atoms with van der Waals surface area (Å²) in [5, 5.41) is 13.1. The summed E-state index contributed by atoms with van der Waals surface area (Å²) in [6, 6.07) is 10.4. The molecule has 4 atom stereocenters. The van der Waals surface area contributed by atoms with Crippen molar-refractivity contribution < 1.29 is 22.7 Å². The zero-order valence-electron chi connectivity index (χ0n) is 20.5. The maximum Gasteiger partial charge on any atom is 0.433 e. The van der Waals surface area contributed by atoms with E-state index in [0.717, 1.165) is 61.5 Å². The second-order valence-electron chi connectivity index (χ2n) is 10.9. The highest BCUT2D eigenvalue weighted by atomic mass is 19.4. The Hall–Kier alpha value is -3.12. The third kappa shape index (κ3) is 4.25. The van der Waals surface area contributed by atoms with Gasteiger partial charge in [0.15, 0.2) is 0 Å². The summed E-state index contributed by atoms with van der Waals surface area (Å²) >= 11 is 0. The van der Waals surface area contributed by atoms with Gasteiger partial charge in [0.2, 0.25) is 5.91 Å². The monoisotopic (exact) mass is 510 g/mol. The van der Waals surface area contributed by atoms with Crippen molar-refractivity contribution in [2.45, 2.75) is 69.8 Å². The van der Waals surface area contributed by atoms with Gasteiger partial charge in [-0.15, -0.1) is 0 Å². The van der Waals surface area contributed by atoms with E-state index in [0.29, 0.717) is 30.8 Å². The first-order valence-electron chi connectivity index (χ1n) is 13.0. The molecule has 2 aliphatic heterocycles. The number of rotatable bonds is 3. The van der Waals surface area contributed by atoms with Gasteiger partial charge in [-0.05, 0) is 67.9 Å². The Kier molecular flexibility index (Phi) is 5.90. The lowest BCUT2D eigenvalue weighted by molar-refractivity contribution is -0.144. The van der Waals surface area contributed by atoms with Crippen LogP contribution < -0.4 is 10.1 Å². The molecular weight excluding hydrogens is 481 g/mol. The van der Waals surface area contributed by atoms with E-state index in [1.54, 1.807) is 11.0 Å². The quantitative estimate of drug-likeness (QED) is 0.634. The third-order valence-corrected chi connectivity index (χ3v) is 8.82. The Balaban J connectivity index is 1.20. The van der Waals surface area contributed by atoms with Gasteiger partial charge < -0.3 is 15.0 Å². The van der Waals surface area contributed by atoms with Crippen molar-refractivity contribution in [3.63, 3.8) is 0 Å². The van der Waals surface area contributed by atoms with Crippen molar-refractivity contribution >= 4 is 5.91 Å². The number of nitrogens with zero attached hydrogens (tertiary/aromatic N) is 3. The molecule has 2 saturated carbocycles. The van der Waals surface area contributed by atoms with Gasteiger partial charge in [-0.25, -0.2) is 4.98 Å². The van der Waals surface area contributed by atoms with Crippen molar-refractivity contribution in [3.8, 4) is 11.8 Å². The molecule has 6 nitrogen and oxygen atoms in total. The number of carbonyl (C=O) groups is 1. The fourth-order valence-electron chi connectivity index (χ4n) is 7.10. The van der Waals surface area contributed by atoms with Crippen LogP contribution in [0.1, 0.15) is 72.6 Å². The number of benzene rings is 1. The van der Waals surface area contributed by atoms with Gasteiger partial charge in [0.1, 0.15) is 11.4 Å². The zero-order valence-corrected chi connectivity index (χ0v) is 20.5. The Morgan fingerprint density at radius 2 is 2.11 bits per heavy atom. The van der Waals surface area contributed by atoms with E-state index >= 15 is 0 Å². The number of nitriles is 1. The van der Waals surface area contributed by atoms with Gasteiger partial charge in [0, 0.05) is 30.6 Å². The van der Waals surface area contributed by atoms with E-state index in [9.17, 15) is 23.2 Å². The molecule has 1 amide bonds. The van der Waals surface area contributed by atoms with Crippen LogP contribution in [-0.4, -0.2) is 35.0 Å². The van der Waals surface area contributed by atoms with Gasteiger partial charge >= 0.3 is 6.18 Å². The molecule has 1 aromatic carbocycles. The fourth-order valence-corrected chi connectivity index (χ4v) is 7.10. The van der Waals surface area contributed by atoms with Crippen molar-refractivity contribution in [2.75, 3.05) is 13.2 Å². The highest BCUT2D eigenvalue weighted by molar-refractivity contribution is 5.84. The molecule has 9 heteroatoms. The van der Waals surface area contributed by atoms with Crippen LogP contribution in [0.25, 0.3) is 0 Å². The maximum absolute atomic E-state index is 14.0. The summed E-state index contributed by atoms with van der Waals surface area (Å²) in [4.78, 5) is 19.6. The molecule has 1 aromatic heterocycles. The molecule has 0 unspecified atom stereocenters. The van der Waals surface area contributed by atoms with Gasteiger partial charge in [0.25, 0.3) is 0 Å². The number of nitrogens with one attached hydrogen (secondary N) is 1. The summed E-state index contributed by atoms with van der Waals surface area (Å²) in [6.07, 6.45) is 1.24. The molecule has 3 heterocycles. The molecule has 0 saturated heterocycles. The number of hydrogen-bond acceptors (Lipinski definition) is 5. The molecule has 37 heavy (non-hydrogen) atoms. The molecular formula is C28H29F3N4O2. The number of amides is 1. The lowest BCUT2D eigenvalue weighted by atomic mass is 9.78. The number of hydrogen-bond donors (Lipinski definition) is 1. The Morgan fingerprint density at radius 3 is 2.92 bits per heavy atom. The van der Waals surface area contributed by atoms with Crippen LogP contribution in [0, 0.1) is 22.7 Å². The lowest BCUT2D eigenvalue weighted by Gasteiger charge is -2.37. The van der Waals surface area contributed by atoms with Gasteiger partial charge in [0.05, 0.1) is 35.9 Å². The van der Waals surface area contributed by atoms with Crippen LogP contribution in [0.2, 0.25) is 0 Å². The number of fused-ring (bicyclic) bond motifs is 3. The largest absolute Gasteiger partial charge is 0.493 e. The topological polar surface area (TPSA) is 78.3 Å².